The Morgan fingerprint density at radius 2 is 1.95 bits per heavy atom. The molecule has 1 amide bonds. The van der Waals surface area contributed by atoms with Crippen LogP contribution in [0.2, 0.25) is 5.02 Å². The van der Waals surface area contributed by atoms with Crippen molar-refractivity contribution < 1.29 is 4.79 Å². The minimum absolute atomic E-state index is 0.404. The smallest absolute Gasteiger partial charge is 0.246 e. The molecule has 0 radical (unpaired) electrons. The Morgan fingerprint density at radius 3 is 2.60 bits per heavy atom. The van der Waals surface area contributed by atoms with Gasteiger partial charge in [0.15, 0.2) is 5.92 Å². The standard InChI is InChI=1S/C15H10BrClN2O/c16-11-6-7-13(17)14(8-11)19-15(20)12(9-18)10-4-2-1-3-5-10/h1-8,12H,(H,19,20). The zero-order valence-corrected chi connectivity index (χ0v) is 12.6. The van der Waals surface area contributed by atoms with Gasteiger partial charge in [0.2, 0.25) is 5.91 Å². The van der Waals surface area contributed by atoms with Gasteiger partial charge in [0.1, 0.15) is 0 Å². The third kappa shape index (κ3) is 3.38. The molecule has 0 saturated carbocycles. The van der Waals surface area contributed by atoms with Gasteiger partial charge in [-0.1, -0.05) is 57.9 Å². The second-order valence-corrected chi connectivity index (χ2v) is 5.41. The largest absolute Gasteiger partial charge is 0.323 e. The van der Waals surface area contributed by atoms with Crippen molar-refractivity contribution in [2.45, 2.75) is 5.92 Å². The number of nitrogens with one attached hydrogen (secondary N) is 1. The molecule has 100 valence electrons. The fraction of sp³-hybridized carbons (Fsp3) is 0.0667. The van der Waals surface area contributed by atoms with Crippen molar-refractivity contribution in [2.24, 2.45) is 0 Å². The van der Waals surface area contributed by atoms with Crippen molar-refractivity contribution in [2.75, 3.05) is 5.32 Å². The quantitative estimate of drug-likeness (QED) is 0.895. The molecule has 1 atom stereocenters. The summed E-state index contributed by atoms with van der Waals surface area (Å²) < 4.78 is 0.797. The van der Waals surface area contributed by atoms with Crippen molar-refractivity contribution in [1.82, 2.24) is 0 Å². The first-order chi connectivity index (χ1) is 9.61. The fourth-order valence-corrected chi connectivity index (χ4v) is 2.25. The summed E-state index contributed by atoms with van der Waals surface area (Å²) in [6, 6.07) is 16.1. The highest BCUT2D eigenvalue weighted by Crippen LogP contribution is 2.27. The highest BCUT2D eigenvalue weighted by atomic mass is 79.9. The second-order valence-electron chi connectivity index (χ2n) is 4.09. The Bertz CT molecular complexity index is 667. The summed E-state index contributed by atoms with van der Waals surface area (Å²) in [6.07, 6.45) is 0. The summed E-state index contributed by atoms with van der Waals surface area (Å²) in [4.78, 5) is 12.2. The van der Waals surface area contributed by atoms with E-state index in [0.717, 1.165) is 4.47 Å². The molecule has 0 aliphatic heterocycles. The van der Waals surface area contributed by atoms with Gasteiger partial charge in [-0.25, -0.2) is 0 Å². The first kappa shape index (κ1) is 14.6. The SMILES string of the molecule is N#CC(C(=O)Nc1cc(Br)ccc1Cl)c1ccccc1. The average molecular weight is 350 g/mol. The summed E-state index contributed by atoms with van der Waals surface area (Å²) in [5.74, 6) is -1.27. The lowest BCUT2D eigenvalue weighted by Gasteiger charge is -2.12. The van der Waals surface area contributed by atoms with Crippen LogP contribution in [0.25, 0.3) is 0 Å². The maximum Gasteiger partial charge on any atom is 0.246 e. The van der Waals surface area contributed by atoms with E-state index < -0.39 is 11.8 Å². The first-order valence-corrected chi connectivity index (χ1v) is 6.99. The van der Waals surface area contributed by atoms with E-state index in [4.69, 9.17) is 11.6 Å². The van der Waals surface area contributed by atoms with E-state index >= 15 is 0 Å². The third-order valence-electron chi connectivity index (χ3n) is 2.71. The summed E-state index contributed by atoms with van der Waals surface area (Å²) in [5.41, 5.74) is 1.13. The summed E-state index contributed by atoms with van der Waals surface area (Å²) in [6.45, 7) is 0. The number of amides is 1. The Balaban J connectivity index is 2.23. The molecule has 5 heteroatoms. The molecule has 2 aromatic rings. The molecule has 20 heavy (non-hydrogen) atoms. The molecule has 0 aliphatic carbocycles. The van der Waals surface area contributed by atoms with Crippen LogP contribution in [0, 0.1) is 11.3 Å². The Hall–Kier alpha value is -1.83. The van der Waals surface area contributed by atoms with Gasteiger partial charge in [-0.3, -0.25) is 4.79 Å². The molecule has 1 unspecified atom stereocenters. The second kappa shape index (κ2) is 6.56. The number of rotatable bonds is 3. The van der Waals surface area contributed by atoms with Gasteiger partial charge in [0.25, 0.3) is 0 Å². The number of hydrogen-bond acceptors (Lipinski definition) is 2. The molecule has 2 aromatic carbocycles. The minimum Gasteiger partial charge on any atom is -0.323 e. The molecule has 0 aromatic heterocycles. The van der Waals surface area contributed by atoms with E-state index in [-0.39, 0.29) is 0 Å². The van der Waals surface area contributed by atoms with Crippen LogP contribution in [0.4, 0.5) is 5.69 Å². The van der Waals surface area contributed by atoms with Gasteiger partial charge in [0, 0.05) is 4.47 Å². The average Bonchev–Trinajstić information content (AvgIpc) is 2.45. The molecule has 3 nitrogen and oxygen atoms in total. The molecular formula is C15H10BrClN2O. The molecule has 0 aliphatic rings. The third-order valence-corrected chi connectivity index (χ3v) is 3.53. The number of carbonyl (C=O) groups excluding carboxylic acids is 1. The molecule has 1 N–H and O–H groups in total. The number of benzene rings is 2. The van der Waals surface area contributed by atoms with Crippen molar-refractivity contribution >= 4 is 39.1 Å². The Labute approximate surface area is 130 Å². The lowest BCUT2D eigenvalue weighted by molar-refractivity contribution is -0.116. The fourth-order valence-electron chi connectivity index (χ4n) is 1.73. The number of nitrogens with zero attached hydrogens (tertiary/aromatic N) is 1. The highest BCUT2D eigenvalue weighted by molar-refractivity contribution is 9.10. The van der Waals surface area contributed by atoms with Gasteiger partial charge in [0.05, 0.1) is 16.8 Å². The number of nitriles is 1. The van der Waals surface area contributed by atoms with E-state index in [2.05, 4.69) is 21.2 Å². The van der Waals surface area contributed by atoms with Crippen LogP contribution in [-0.2, 0) is 4.79 Å². The van der Waals surface area contributed by atoms with Crippen molar-refractivity contribution in [1.29, 1.82) is 5.26 Å². The summed E-state index contributed by atoms with van der Waals surface area (Å²) in [5, 5.41) is 12.3. The molecule has 0 saturated heterocycles. The lowest BCUT2D eigenvalue weighted by atomic mass is 10.00. The normalized spacial score (nSPS) is 11.4. The predicted molar refractivity (Wildman–Crippen MR) is 82.6 cm³/mol. The maximum absolute atomic E-state index is 12.2. The monoisotopic (exact) mass is 348 g/mol. The number of carbonyl (C=O) groups is 1. The van der Waals surface area contributed by atoms with Crippen LogP contribution in [0.1, 0.15) is 11.5 Å². The van der Waals surface area contributed by atoms with Gasteiger partial charge in [-0.2, -0.15) is 5.26 Å². The Kier molecular flexibility index (Phi) is 4.78. The van der Waals surface area contributed by atoms with Gasteiger partial charge in [-0.05, 0) is 23.8 Å². The zero-order chi connectivity index (χ0) is 14.5. The molecule has 0 bridgehead atoms. The van der Waals surface area contributed by atoms with Crippen LogP contribution in [0.15, 0.2) is 53.0 Å². The first-order valence-electron chi connectivity index (χ1n) is 5.82. The Morgan fingerprint density at radius 1 is 1.25 bits per heavy atom. The van der Waals surface area contributed by atoms with E-state index in [1.54, 1.807) is 42.5 Å². The van der Waals surface area contributed by atoms with Crippen LogP contribution in [-0.4, -0.2) is 5.91 Å². The topological polar surface area (TPSA) is 52.9 Å². The van der Waals surface area contributed by atoms with E-state index in [9.17, 15) is 10.1 Å². The maximum atomic E-state index is 12.2. The van der Waals surface area contributed by atoms with Crippen LogP contribution < -0.4 is 5.32 Å². The van der Waals surface area contributed by atoms with Crippen LogP contribution in [0.3, 0.4) is 0 Å². The molecule has 0 heterocycles. The number of hydrogen-bond donors (Lipinski definition) is 1. The predicted octanol–water partition coefficient (Wildman–Crippen LogP) is 4.35. The number of halogens is 2. The summed E-state index contributed by atoms with van der Waals surface area (Å²) >= 11 is 9.33. The molecular weight excluding hydrogens is 340 g/mol. The number of anilines is 1. The van der Waals surface area contributed by atoms with Gasteiger partial charge < -0.3 is 5.32 Å². The summed E-state index contributed by atoms with van der Waals surface area (Å²) in [7, 11) is 0. The minimum atomic E-state index is -0.869. The van der Waals surface area contributed by atoms with Crippen LogP contribution >= 0.6 is 27.5 Å². The molecule has 0 fully saturated rings. The van der Waals surface area contributed by atoms with Gasteiger partial charge >= 0.3 is 0 Å². The zero-order valence-electron chi connectivity index (χ0n) is 10.3. The van der Waals surface area contributed by atoms with Crippen LogP contribution in [0.5, 0.6) is 0 Å². The van der Waals surface area contributed by atoms with Gasteiger partial charge in [-0.15, -0.1) is 0 Å². The lowest BCUT2D eigenvalue weighted by Crippen LogP contribution is -2.20. The van der Waals surface area contributed by atoms with E-state index in [1.807, 2.05) is 12.1 Å². The van der Waals surface area contributed by atoms with Crippen molar-refractivity contribution in [3.8, 4) is 6.07 Å². The van der Waals surface area contributed by atoms with E-state index in [1.165, 1.54) is 0 Å². The van der Waals surface area contributed by atoms with E-state index in [0.29, 0.717) is 16.3 Å². The highest BCUT2D eigenvalue weighted by Gasteiger charge is 2.20. The van der Waals surface area contributed by atoms with Crippen molar-refractivity contribution in [3.05, 3.63) is 63.6 Å². The molecule has 0 spiro atoms. The van der Waals surface area contributed by atoms with Crippen molar-refractivity contribution in [3.63, 3.8) is 0 Å². The molecule has 2 rings (SSSR count).